The number of aryl methyl sites for hydroxylation is 1. The Labute approximate surface area is 132 Å². The molecule has 0 spiro atoms. The minimum Gasteiger partial charge on any atom is -0.345 e. The second kappa shape index (κ2) is 6.15. The van der Waals surface area contributed by atoms with Gasteiger partial charge in [0, 0.05) is 29.4 Å². The van der Waals surface area contributed by atoms with E-state index in [0.29, 0.717) is 0 Å². The molecule has 0 aliphatic rings. The maximum atomic E-state index is 12.3. The Bertz CT molecular complexity index is 742. The Balaban J connectivity index is 2.26. The van der Waals surface area contributed by atoms with Gasteiger partial charge in [0.1, 0.15) is 5.56 Å². The summed E-state index contributed by atoms with van der Waals surface area (Å²) in [6.07, 6.45) is 1.66. The third kappa shape index (κ3) is 3.09. The largest absolute Gasteiger partial charge is 0.345 e. The summed E-state index contributed by atoms with van der Waals surface area (Å²) in [5.74, 6) is -0.529. The molecule has 0 bridgehead atoms. The molecule has 0 fully saturated rings. The molecular formula is C14H15ClN4O3. The van der Waals surface area contributed by atoms with E-state index in [1.807, 2.05) is 6.92 Å². The van der Waals surface area contributed by atoms with Crippen molar-refractivity contribution in [1.82, 2.24) is 15.1 Å². The molecule has 8 heteroatoms. The molecule has 2 aromatic rings. The van der Waals surface area contributed by atoms with Crippen LogP contribution < -0.4 is 5.32 Å². The van der Waals surface area contributed by atoms with Gasteiger partial charge in [0.15, 0.2) is 0 Å². The molecular weight excluding hydrogens is 308 g/mol. The fourth-order valence-corrected chi connectivity index (χ4v) is 2.31. The van der Waals surface area contributed by atoms with Crippen LogP contribution in [0.1, 0.15) is 34.6 Å². The number of aromatic nitrogens is 2. The van der Waals surface area contributed by atoms with Crippen molar-refractivity contribution in [2.45, 2.75) is 19.9 Å². The number of carbonyl (C=O) groups is 1. The van der Waals surface area contributed by atoms with Gasteiger partial charge in [0.2, 0.25) is 0 Å². The first kappa shape index (κ1) is 16.0. The van der Waals surface area contributed by atoms with Crippen LogP contribution in [0.25, 0.3) is 0 Å². The second-order valence-electron chi connectivity index (χ2n) is 4.92. The Kier molecular flexibility index (Phi) is 4.46. The van der Waals surface area contributed by atoms with Gasteiger partial charge in [-0.05, 0) is 26.0 Å². The summed E-state index contributed by atoms with van der Waals surface area (Å²) in [4.78, 5) is 22.7. The van der Waals surface area contributed by atoms with Crippen LogP contribution in [0.15, 0.2) is 24.4 Å². The van der Waals surface area contributed by atoms with Crippen molar-refractivity contribution in [2.24, 2.45) is 7.05 Å². The van der Waals surface area contributed by atoms with E-state index in [-0.39, 0.29) is 22.3 Å². The molecule has 1 aromatic heterocycles. The molecule has 0 aliphatic carbocycles. The maximum Gasteiger partial charge on any atom is 0.283 e. The number of rotatable bonds is 4. The number of amides is 1. The molecule has 0 radical (unpaired) electrons. The monoisotopic (exact) mass is 322 g/mol. The van der Waals surface area contributed by atoms with Gasteiger partial charge in [-0.25, -0.2) is 0 Å². The molecule has 0 saturated carbocycles. The summed E-state index contributed by atoms with van der Waals surface area (Å²) < 4.78 is 1.70. The third-order valence-corrected chi connectivity index (χ3v) is 3.72. The number of nitro benzene ring substituents is 1. The molecule has 1 N–H and O–H groups in total. The Morgan fingerprint density at radius 2 is 2.18 bits per heavy atom. The van der Waals surface area contributed by atoms with E-state index in [9.17, 15) is 14.9 Å². The van der Waals surface area contributed by atoms with Crippen LogP contribution >= 0.6 is 11.6 Å². The van der Waals surface area contributed by atoms with Gasteiger partial charge in [0.25, 0.3) is 11.6 Å². The highest BCUT2D eigenvalue weighted by Gasteiger charge is 2.23. The zero-order valence-electron chi connectivity index (χ0n) is 12.3. The number of hydrogen-bond acceptors (Lipinski definition) is 4. The highest BCUT2D eigenvalue weighted by atomic mass is 35.5. The lowest BCUT2D eigenvalue weighted by molar-refractivity contribution is -0.385. The molecule has 0 aliphatic heterocycles. The fraction of sp³-hybridized carbons (Fsp3) is 0.286. The molecule has 1 heterocycles. The van der Waals surface area contributed by atoms with E-state index >= 15 is 0 Å². The van der Waals surface area contributed by atoms with Crippen molar-refractivity contribution in [3.8, 4) is 0 Å². The number of halogens is 1. The number of nitrogens with one attached hydrogen (secondary N) is 1. The molecule has 7 nitrogen and oxygen atoms in total. The summed E-state index contributed by atoms with van der Waals surface area (Å²) in [5.41, 5.74) is 1.42. The van der Waals surface area contributed by atoms with Crippen LogP contribution in [0.4, 0.5) is 5.69 Å². The van der Waals surface area contributed by atoms with Crippen molar-refractivity contribution in [3.63, 3.8) is 0 Å². The average Bonchev–Trinajstić information content (AvgIpc) is 2.78. The number of nitrogens with zero attached hydrogens (tertiary/aromatic N) is 3. The van der Waals surface area contributed by atoms with Crippen LogP contribution in [0.3, 0.4) is 0 Å². The molecule has 116 valence electrons. The predicted octanol–water partition coefficient (Wildman–Crippen LogP) is 2.78. The number of carbonyl (C=O) groups excluding carboxylic acids is 1. The van der Waals surface area contributed by atoms with Crippen LogP contribution in [0.2, 0.25) is 5.02 Å². The smallest absolute Gasteiger partial charge is 0.283 e. The quantitative estimate of drug-likeness (QED) is 0.692. The lowest BCUT2D eigenvalue weighted by Gasteiger charge is -2.14. The second-order valence-corrected chi connectivity index (χ2v) is 5.36. The van der Waals surface area contributed by atoms with Gasteiger partial charge in [-0.2, -0.15) is 5.10 Å². The minimum absolute atomic E-state index is 0.0252. The van der Waals surface area contributed by atoms with Gasteiger partial charge >= 0.3 is 0 Å². The standard InChI is InChI=1S/C14H15ClN4O3/c1-8(12-7-16-18(3)9(12)2)17-14(20)11-5-4-10(15)6-13(11)19(21)22/h4-8H,1-3H3,(H,17,20). The van der Waals surface area contributed by atoms with Crippen molar-refractivity contribution in [3.05, 3.63) is 56.4 Å². The predicted molar refractivity (Wildman–Crippen MR) is 81.9 cm³/mol. The molecule has 1 amide bonds. The highest BCUT2D eigenvalue weighted by molar-refractivity contribution is 6.31. The summed E-state index contributed by atoms with van der Waals surface area (Å²) in [6.45, 7) is 3.68. The number of benzene rings is 1. The number of hydrogen-bond donors (Lipinski definition) is 1. The summed E-state index contributed by atoms with van der Waals surface area (Å²) in [7, 11) is 1.80. The van der Waals surface area contributed by atoms with Crippen LogP contribution in [0.5, 0.6) is 0 Å². The van der Waals surface area contributed by atoms with E-state index in [1.165, 1.54) is 12.1 Å². The lowest BCUT2D eigenvalue weighted by Crippen LogP contribution is -2.27. The van der Waals surface area contributed by atoms with Crippen molar-refractivity contribution >= 4 is 23.2 Å². The topological polar surface area (TPSA) is 90.1 Å². The van der Waals surface area contributed by atoms with Crippen LogP contribution in [-0.2, 0) is 7.05 Å². The molecule has 1 aromatic carbocycles. The van der Waals surface area contributed by atoms with E-state index in [0.717, 1.165) is 17.3 Å². The molecule has 22 heavy (non-hydrogen) atoms. The van der Waals surface area contributed by atoms with Gasteiger partial charge in [-0.1, -0.05) is 11.6 Å². The highest BCUT2D eigenvalue weighted by Crippen LogP contribution is 2.24. The van der Waals surface area contributed by atoms with Crippen LogP contribution in [0, 0.1) is 17.0 Å². The SMILES string of the molecule is Cc1c(C(C)NC(=O)c2ccc(Cl)cc2[N+](=O)[O-])cnn1C. The van der Waals surface area contributed by atoms with Crippen molar-refractivity contribution < 1.29 is 9.72 Å². The summed E-state index contributed by atoms with van der Waals surface area (Å²) in [5, 5.41) is 18.1. The van der Waals surface area contributed by atoms with Gasteiger partial charge in [-0.3, -0.25) is 19.6 Å². The Morgan fingerprint density at radius 3 is 2.73 bits per heavy atom. The normalized spacial score (nSPS) is 12.0. The molecule has 2 rings (SSSR count). The summed E-state index contributed by atoms with van der Waals surface area (Å²) >= 11 is 5.74. The average molecular weight is 323 g/mol. The van der Waals surface area contributed by atoms with Crippen molar-refractivity contribution in [2.75, 3.05) is 0 Å². The molecule has 1 atom stereocenters. The molecule has 0 saturated heterocycles. The van der Waals surface area contributed by atoms with Crippen molar-refractivity contribution in [1.29, 1.82) is 0 Å². The first-order valence-electron chi connectivity index (χ1n) is 6.54. The van der Waals surface area contributed by atoms with E-state index in [4.69, 9.17) is 11.6 Å². The lowest BCUT2D eigenvalue weighted by atomic mass is 10.1. The van der Waals surface area contributed by atoms with Gasteiger partial charge in [0.05, 0.1) is 17.2 Å². The van der Waals surface area contributed by atoms with Crippen LogP contribution in [-0.4, -0.2) is 20.6 Å². The fourth-order valence-electron chi connectivity index (χ4n) is 2.14. The Morgan fingerprint density at radius 1 is 1.50 bits per heavy atom. The zero-order valence-corrected chi connectivity index (χ0v) is 13.1. The van der Waals surface area contributed by atoms with E-state index in [1.54, 1.807) is 24.9 Å². The molecule has 1 unspecified atom stereocenters. The maximum absolute atomic E-state index is 12.3. The van der Waals surface area contributed by atoms with E-state index < -0.39 is 10.8 Å². The first-order valence-corrected chi connectivity index (χ1v) is 6.92. The zero-order chi connectivity index (χ0) is 16.4. The first-order chi connectivity index (χ1) is 10.3. The van der Waals surface area contributed by atoms with E-state index in [2.05, 4.69) is 10.4 Å². The third-order valence-electron chi connectivity index (χ3n) is 3.49. The minimum atomic E-state index is -0.624. The Hall–Kier alpha value is -2.41. The summed E-state index contributed by atoms with van der Waals surface area (Å²) in [6, 6.07) is 3.63. The van der Waals surface area contributed by atoms with Gasteiger partial charge in [-0.15, -0.1) is 0 Å². The number of nitro groups is 1. The van der Waals surface area contributed by atoms with Gasteiger partial charge < -0.3 is 5.32 Å².